The van der Waals surface area contributed by atoms with E-state index in [4.69, 9.17) is 12.2 Å². The quantitative estimate of drug-likeness (QED) is 0.867. The van der Waals surface area contributed by atoms with Crippen LogP contribution in [0.2, 0.25) is 0 Å². The minimum Gasteiger partial charge on any atom is -0.329 e. The summed E-state index contributed by atoms with van der Waals surface area (Å²) in [5.74, 6) is 0.477. The lowest BCUT2D eigenvalue weighted by Gasteiger charge is -2.04. The first-order valence-corrected chi connectivity index (χ1v) is 9.55. The Labute approximate surface area is 119 Å². The number of benzene rings is 1. The van der Waals surface area contributed by atoms with Gasteiger partial charge in [-0.2, -0.15) is 0 Å². The number of para-hydroxylation sites is 1. The van der Waals surface area contributed by atoms with Gasteiger partial charge in [0.1, 0.15) is 0 Å². The normalized spacial score (nSPS) is 13.8. The number of nitrogens with zero attached hydrogens (tertiary/aromatic N) is 1. The van der Waals surface area contributed by atoms with Crippen LogP contribution in [0.1, 0.15) is 0 Å². The van der Waals surface area contributed by atoms with E-state index in [1.807, 2.05) is 0 Å². The van der Waals surface area contributed by atoms with Gasteiger partial charge in [-0.25, -0.2) is 8.42 Å². The largest absolute Gasteiger partial charge is 0.329 e. The van der Waals surface area contributed by atoms with E-state index in [-0.39, 0.29) is 4.90 Å². The second-order valence-electron chi connectivity index (χ2n) is 4.28. The molecule has 0 amide bonds. The highest BCUT2D eigenvalue weighted by Gasteiger charge is 2.15. The number of aromatic amines is 1. The Morgan fingerprint density at radius 2 is 2.11 bits per heavy atom. The van der Waals surface area contributed by atoms with E-state index in [0.717, 1.165) is 11.8 Å². The predicted molar refractivity (Wildman–Crippen MR) is 79.2 cm³/mol. The van der Waals surface area contributed by atoms with Crippen molar-refractivity contribution in [2.75, 3.05) is 18.3 Å². The molecule has 2 rings (SSSR count). The molecule has 19 heavy (non-hydrogen) atoms. The summed E-state index contributed by atoms with van der Waals surface area (Å²) in [5, 5.41) is 0. The molecule has 0 fully saturated rings. The third-order valence-corrected chi connectivity index (χ3v) is 4.99. The maximum Gasteiger partial charge on any atom is 0.178 e. The van der Waals surface area contributed by atoms with E-state index in [2.05, 4.69) is 4.98 Å². The van der Waals surface area contributed by atoms with Crippen LogP contribution in [-0.2, 0) is 27.2 Å². The van der Waals surface area contributed by atoms with Crippen molar-refractivity contribution in [3.63, 3.8) is 0 Å². The molecule has 0 aliphatic rings. The Morgan fingerprint density at radius 3 is 2.68 bits per heavy atom. The first-order chi connectivity index (χ1) is 8.80. The van der Waals surface area contributed by atoms with Crippen LogP contribution in [0.4, 0.5) is 0 Å². The monoisotopic (exact) mass is 318 g/mol. The molecule has 0 saturated heterocycles. The lowest BCUT2D eigenvalue weighted by atomic mass is 10.3. The van der Waals surface area contributed by atoms with Gasteiger partial charge in [0.15, 0.2) is 14.6 Å². The molecule has 8 heteroatoms. The van der Waals surface area contributed by atoms with Gasteiger partial charge in [0.25, 0.3) is 0 Å². The first-order valence-electron chi connectivity index (χ1n) is 5.52. The van der Waals surface area contributed by atoms with Crippen LogP contribution in [-0.4, -0.2) is 40.4 Å². The number of sulfone groups is 1. The molecule has 0 spiro atoms. The maximum atomic E-state index is 11.7. The molecule has 1 N–H and O–H groups in total. The summed E-state index contributed by atoms with van der Waals surface area (Å²) in [6.07, 6.45) is 2.79. The Hall–Kier alpha value is -0.990. The maximum absolute atomic E-state index is 11.7. The van der Waals surface area contributed by atoms with Gasteiger partial charge in [-0.15, -0.1) is 0 Å². The zero-order valence-corrected chi connectivity index (χ0v) is 13.0. The molecular formula is C11H14N2O3S3. The lowest BCUT2D eigenvalue weighted by molar-refractivity contribution is 0.602. The Bertz CT molecular complexity index is 802. The summed E-state index contributed by atoms with van der Waals surface area (Å²) in [7, 11) is -4.24. The van der Waals surface area contributed by atoms with Crippen molar-refractivity contribution in [3.8, 4) is 0 Å². The molecule has 104 valence electrons. The van der Waals surface area contributed by atoms with Crippen LogP contribution in [0.5, 0.6) is 0 Å². The molecule has 0 saturated carbocycles. The van der Waals surface area contributed by atoms with Crippen molar-refractivity contribution in [1.82, 2.24) is 9.55 Å². The molecular weight excluding hydrogens is 304 g/mol. The highest BCUT2D eigenvalue weighted by molar-refractivity contribution is 7.91. The Balaban J connectivity index is 2.66. The van der Waals surface area contributed by atoms with Crippen LogP contribution in [0.3, 0.4) is 0 Å². The van der Waals surface area contributed by atoms with Crippen LogP contribution >= 0.6 is 12.2 Å². The van der Waals surface area contributed by atoms with Crippen LogP contribution < -0.4 is 0 Å². The molecule has 1 aromatic carbocycles. The Kier molecular flexibility index (Phi) is 3.93. The van der Waals surface area contributed by atoms with Gasteiger partial charge in [0.05, 0.1) is 15.9 Å². The van der Waals surface area contributed by atoms with Gasteiger partial charge in [0, 0.05) is 35.6 Å². The summed E-state index contributed by atoms with van der Waals surface area (Å²) in [6.45, 7) is 0.495. The SMILES string of the molecule is CS(=O)CCn1c(=S)[nH]c2c(S(C)(=O)=O)cccc21. The van der Waals surface area contributed by atoms with Gasteiger partial charge in [-0.05, 0) is 24.4 Å². The summed E-state index contributed by atoms with van der Waals surface area (Å²) in [5.41, 5.74) is 1.23. The Morgan fingerprint density at radius 1 is 1.42 bits per heavy atom. The highest BCUT2D eigenvalue weighted by atomic mass is 32.2. The predicted octanol–water partition coefficient (Wildman–Crippen LogP) is 1.48. The average molecular weight is 318 g/mol. The zero-order chi connectivity index (χ0) is 14.2. The van der Waals surface area contributed by atoms with Crippen molar-refractivity contribution in [2.24, 2.45) is 0 Å². The number of hydrogen-bond acceptors (Lipinski definition) is 4. The molecule has 0 bridgehead atoms. The fraction of sp³-hybridized carbons (Fsp3) is 0.364. The van der Waals surface area contributed by atoms with Gasteiger partial charge < -0.3 is 9.55 Å². The van der Waals surface area contributed by atoms with Crippen molar-refractivity contribution >= 4 is 43.9 Å². The molecule has 1 atom stereocenters. The van der Waals surface area contributed by atoms with E-state index in [1.54, 1.807) is 29.0 Å². The standard InChI is InChI=1S/C11H14N2O3S3/c1-18(14)7-6-13-8-4-3-5-9(19(2,15)16)10(8)12-11(13)17/h3-5H,6-7H2,1-2H3,(H,12,17). The third kappa shape index (κ3) is 2.96. The van der Waals surface area contributed by atoms with E-state index >= 15 is 0 Å². The molecule has 1 heterocycles. The number of aryl methyl sites for hydroxylation is 1. The minimum absolute atomic E-state index is 0.229. The number of hydrogen-bond donors (Lipinski definition) is 1. The van der Waals surface area contributed by atoms with Gasteiger partial charge >= 0.3 is 0 Å². The van der Waals surface area contributed by atoms with Crippen molar-refractivity contribution in [3.05, 3.63) is 23.0 Å². The molecule has 0 aliphatic carbocycles. The third-order valence-electron chi connectivity index (χ3n) is 2.77. The lowest BCUT2D eigenvalue weighted by Crippen LogP contribution is -2.06. The number of aromatic nitrogens is 2. The second kappa shape index (κ2) is 5.18. The second-order valence-corrected chi connectivity index (χ2v) is 8.21. The summed E-state index contributed by atoms with van der Waals surface area (Å²) in [4.78, 5) is 3.15. The minimum atomic E-state index is -3.31. The number of rotatable bonds is 4. The van der Waals surface area contributed by atoms with E-state index in [1.165, 1.54) is 0 Å². The molecule has 0 aliphatic heterocycles. The van der Waals surface area contributed by atoms with E-state index < -0.39 is 20.6 Å². The highest BCUT2D eigenvalue weighted by Crippen LogP contribution is 2.22. The average Bonchev–Trinajstić information content (AvgIpc) is 2.60. The summed E-state index contributed by atoms with van der Waals surface area (Å²) >= 11 is 5.20. The molecule has 0 radical (unpaired) electrons. The smallest absolute Gasteiger partial charge is 0.178 e. The zero-order valence-electron chi connectivity index (χ0n) is 10.5. The first kappa shape index (κ1) is 14.4. The molecule has 1 aromatic heterocycles. The molecule has 1 unspecified atom stereocenters. The number of imidazole rings is 1. The van der Waals surface area contributed by atoms with Crippen molar-refractivity contribution < 1.29 is 12.6 Å². The van der Waals surface area contributed by atoms with Crippen molar-refractivity contribution in [2.45, 2.75) is 11.4 Å². The van der Waals surface area contributed by atoms with E-state index in [0.29, 0.717) is 22.6 Å². The fourth-order valence-electron chi connectivity index (χ4n) is 1.90. The van der Waals surface area contributed by atoms with E-state index in [9.17, 15) is 12.6 Å². The van der Waals surface area contributed by atoms with Gasteiger partial charge in [-0.1, -0.05) is 6.07 Å². The number of fused-ring (bicyclic) bond motifs is 1. The van der Waals surface area contributed by atoms with Crippen molar-refractivity contribution in [1.29, 1.82) is 0 Å². The van der Waals surface area contributed by atoms with Crippen LogP contribution in [0.25, 0.3) is 11.0 Å². The molecule has 2 aromatic rings. The fourth-order valence-corrected chi connectivity index (χ4v) is 3.49. The van der Waals surface area contributed by atoms with Crippen LogP contribution in [0.15, 0.2) is 23.1 Å². The summed E-state index contributed by atoms with van der Waals surface area (Å²) in [6, 6.07) is 5.03. The van der Waals surface area contributed by atoms with Gasteiger partial charge in [-0.3, -0.25) is 4.21 Å². The summed E-state index contributed by atoms with van der Waals surface area (Å²) < 4.78 is 36.8. The molecule has 5 nitrogen and oxygen atoms in total. The van der Waals surface area contributed by atoms with Crippen LogP contribution in [0, 0.1) is 4.77 Å². The number of H-pyrrole nitrogens is 1. The van der Waals surface area contributed by atoms with Gasteiger partial charge in [0.2, 0.25) is 0 Å². The number of nitrogens with one attached hydrogen (secondary N) is 1. The topological polar surface area (TPSA) is 71.9 Å².